The van der Waals surface area contributed by atoms with Gasteiger partial charge in [-0.05, 0) is 75.3 Å². The summed E-state index contributed by atoms with van der Waals surface area (Å²) in [6.07, 6.45) is 6.48. The van der Waals surface area contributed by atoms with Crippen LogP contribution in [0.3, 0.4) is 0 Å². The minimum atomic E-state index is -0.923. The Morgan fingerprint density at radius 2 is 1.84 bits per heavy atom. The Labute approximate surface area is 193 Å². The first-order valence-electron chi connectivity index (χ1n) is 10.9. The predicted octanol–water partition coefficient (Wildman–Crippen LogP) is 4.04. The second-order valence-corrected chi connectivity index (χ2v) is 9.37. The normalized spacial score (nSPS) is 19.8. The number of carbonyl (C=O) groups excluding carboxylic acids is 2. The Kier molecular flexibility index (Phi) is 7.85. The molecular formula is C24H30ClFN4O2. The van der Waals surface area contributed by atoms with E-state index >= 15 is 0 Å². The highest BCUT2D eigenvalue weighted by molar-refractivity contribution is 6.31. The van der Waals surface area contributed by atoms with Crippen LogP contribution in [-0.2, 0) is 15.0 Å². The maximum absolute atomic E-state index is 13.4. The van der Waals surface area contributed by atoms with Crippen LogP contribution in [0.1, 0.15) is 45.1 Å². The molecule has 6 nitrogen and oxygen atoms in total. The molecule has 8 heteroatoms. The molecule has 0 bridgehead atoms. The Bertz CT molecular complexity index is 946. The van der Waals surface area contributed by atoms with Crippen LogP contribution >= 0.6 is 11.6 Å². The quantitative estimate of drug-likeness (QED) is 0.580. The SMILES string of the molecule is CC(C)(C(=O)NCC(N)C1CCC(C(=O)Nc2ccncc2)CC1)c1ccc(F)cc1Cl. The van der Waals surface area contributed by atoms with Gasteiger partial charge < -0.3 is 16.4 Å². The molecule has 0 radical (unpaired) electrons. The monoisotopic (exact) mass is 460 g/mol. The molecule has 1 aliphatic rings. The van der Waals surface area contributed by atoms with Gasteiger partial charge in [-0.1, -0.05) is 17.7 Å². The van der Waals surface area contributed by atoms with Crippen molar-refractivity contribution in [2.45, 2.75) is 51.0 Å². The van der Waals surface area contributed by atoms with Gasteiger partial charge in [0.25, 0.3) is 0 Å². The van der Waals surface area contributed by atoms with Crippen molar-refractivity contribution >= 4 is 29.1 Å². The third kappa shape index (κ3) is 5.84. The van der Waals surface area contributed by atoms with E-state index in [4.69, 9.17) is 17.3 Å². The summed E-state index contributed by atoms with van der Waals surface area (Å²) in [4.78, 5) is 29.3. The number of rotatable bonds is 7. The number of nitrogens with one attached hydrogen (secondary N) is 2. The zero-order valence-electron chi connectivity index (χ0n) is 18.4. The Morgan fingerprint density at radius 3 is 2.47 bits per heavy atom. The highest BCUT2D eigenvalue weighted by Gasteiger charge is 2.33. The third-order valence-electron chi connectivity index (χ3n) is 6.37. The van der Waals surface area contributed by atoms with Crippen LogP contribution in [0, 0.1) is 17.7 Å². The molecule has 1 unspecified atom stereocenters. The van der Waals surface area contributed by atoms with Crippen molar-refractivity contribution in [3.63, 3.8) is 0 Å². The number of nitrogens with zero attached hydrogens (tertiary/aromatic N) is 1. The molecule has 1 aromatic heterocycles. The van der Waals surface area contributed by atoms with Gasteiger partial charge in [-0.25, -0.2) is 4.39 Å². The molecule has 1 heterocycles. The van der Waals surface area contributed by atoms with Crippen molar-refractivity contribution in [1.29, 1.82) is 0 Å². The lowest BCUT2D eigenvalue weighted by molar-refractivity contribution is -0.125. The first-order chi connectivity index (χ1) is 15.2. The highest BCUT2D eigenvalue weighted by atomic mass is 35.5. The summed E-state index contributed by atoms with van der Waals surface area (Å²) in [7, 11) is 0. The molecule has 1 aliphatic carbocycles. The van der Waals surface area contributed by atoms with Gasteiger partial charge in [0, 0.05) is 41.6 Å². The fraction of sp³-hybridized carbons (Fsp3) is 0.458. The predicted molar refractivity (Wildman–Crippen MR) is 124 cm³/mol. The lowest BCUT2D eigenvalue weighted by Crippen LogP contribution is -2.48. The van der Waals surface area contributed by atoms with Gasteiger partial charge in [0.15, 0.2) is 0 Å². The fourth-order valence-corrected chi connectivity index (χ4v) is 4.61. The first kappa shape index (κ1) is 24.1. The van der Waals surface area contributed by atoms with Crippen molar-refractivity contribution in [3.8, 4) is 0 Å². The largest absolute Gasteiger partial charge is 0.354 e. The molecule has 0 aliphatic heterocycles. The maximum atomic E-state index is 13.4. The Morgan fingerprint density at radius 1 is 1.19 bits per heavy atom. The lowest BCUT2D eigenvalue weighted by Gasteiger charge is -2.32. The van der Waals surface area contributed by atoms with Crippen LogP contribution < -0.4 is 16.4 Å². The fourth-order valence-electron chi connectivity index (χ4n) is 4.21. The van der Waals surface area contributed by atoms with E-state index in [1.165, 1.54) is 18.2 Å². The molecule has 172 valence electrons. The number of hydrogen-bond donors (Lipinski definition) is 3. The molecule has 0 saturated heterocycles. The van der Waals surface area contributed by atoms with Crippen LogP contribution in [-0.4, -0.2) is 29.4 Å². The molecule has 32 heavy (non-hydrogen) atoms. The van der Waals surface area contributed by atoms with E-state index < -0.39 is 11.2 Å². The van der Waals surface area contributed by atoms with Crippen LogP contribution in [0.4, 0.5) is 10.1 Å². The van der Waals surface area contributed by atoms with Gasteiger partial charge in [-0.2, -0.15) is 0 Å². The second-order valence-electron chi connectivity index (χ2n) is 8.96. The Balaban J connectivity index is 1.48. The minimum Gasteiger partial charge on any atom is -0.354 e. The molecule has 1 aromatic carbocycles. The molecule has 3 rings (SSSR count). The third-order valence-corrected chi connectivity index (χ3v) is 6.68. The maximum Gasteiger partial charge on any atom is 0.230 e. The topological polar surface area (TPSA) is 97.1 Å². The van der Waals surface area contributed by atoms with Gasteiger partial charge in [0.2, 0.25) is 11.8 Å². The van der Waals surface area contributed by atoms with Crippen LogP contribution in [0.25, 0.3) is 0 Å². The average molecular weight is 461 g/mol. The van der Waals surface area contributed by atoms with Crippen LogP contribution in [0.5, 0.6) is 0 Å². The number of nitrogens with two attached hydrogens (primary N) is 1. The van der Waals surface area contributed by atoms with Crippen LogP contribution in [0.2, 0.25) is 5.02 Å². The second kappa shape index (κ2) is 10.4. The van der Waals surface area contributed by atoms with Gasteiger partial charge >= 0.3 is 0 Å². The zero-order chi connectivity index (χ0) is 23.3. The first-order valence-corrected chi connectivity index (χ1v) is 11.3. The number of hydrogen-bond acceptors (Lipinski definition) is 4. The molecule has 0 spiro atoms. The standard InChI is InChI=1S/C24H30ClFN4O2/c1-24(2,19-8-7-17(26)13-20(19)25)23(32)29-14-21(27)15-3-5-16(6-4-15)22(31)30-18-9-11-28-12-10-18/h7-13,15-16,21H,3-6,14,27H2,1-2H3,(H,29,32)(H,28,30,31). The molecule has 1 saturated carbocycles. The van der Waals surface area contributed by atoms with E-state index in [0.29, 0.717) is 12.1 Å². The Hall–Kier alpha value is -2.51. The van der Waals surface area contributed by atoms with Crippen LogP contribution in [0.15, 0.2) is 42.7 Å². The van der Waals surface area contributed by atoms with Gasteiger partial charge in [0.05, 0.1) is 5.41 Å². The summed E-state index contributed by atoms with van der Waals surface area (Å²) in [6, 6.07) is 7.37. The van der Waals surface area contributed by atoms with E-state index in [9.17, 15) is 14.0 Å². The number of carbonyl (C=O) groups is 2. The number of amides is 2. The van der Waals surface area contributed by atoms with Gasteiger partial charge in [-0.3, -0.25) is 14.6 Å². The summed E-state index contributed by atoms with van der Waals surface area (Å²) in [5.74, 6) is -0.443. The van der Waals surface area contributed by atoms with E-state index in [1.807, 2.05) is 0 Å². The molecule has 4 N–H and O–H groups in total. The van der Waals surface area contributed by atoms with Crippen molar-refractivity contribution in [2.24, 2.45) is 17.6 Å². The van der Waals surface area contributed by atoms with E-state index in [1.54, 1.807) is 38.4 Å². The van der Waals surface area contributed by atoms with Crippen molar-refractivity contribution < 1.29 is 14.0 Å². The summed E-state index contributed by atoms with van der Waals surface area (Å²) in [5.41, 5.74) is 6.76. The highest BCUT2D eigenvalue weighted by Crippen LogP contribution is 2.32. The number of halogens is 2. The van der Waals surface area contributed by atoms with Gasteiger partial charge in [-0.15, -0.1) is 0 Å². The van der Waals surface area contributed by atoms with Crippen molar-refractivity contribution in [1.82, 2.24) is 10.3 Å². The summed E-state index contributed by atoms with van der Waals surface area (Å²) >= 11 is 6.15. The number of anilines is 1. The van der Waals surface area contributed by atoms with E-state index in [0.717, 1.165) is 31.4 Å². The molecule has 2 aromatic rings. The molecular weight excluding hydrogens is 431 g/mol. The van der Waals surface area contributed by atoms with E-state index in [-0.39, 0.29) is 34.7 Å². The van der Waals surface area contributed by atoms with Crippen molar-refractivity contribution in [3.05, 3.63) is 59.1 Å². The number of aromatic nitrogens is 1. The summed E-state index contributed by atoms with van der Waals surface area (Å²) in [5, 5.41) is 6.08. The number of benzene rings is 1. The van der Waals surface area contributed by atoms with Crippen molar-refractivity contribution in [2.75, 3.05) is 11.9 Å². The summed E-state index contributed by atoms with van der Waals surface area (Å²) in [6.45, 7) is 3.83. The summed E-state index contributed by atoms with van der Waals surface area (Å²) < 4.78 is 13.4. The smallest absolute Gasteiger partial charge is 0.230 e. The molecule has 1 atom stereocenters. The molecule has 1 fully saturated rings. The zero-order valence-corrected chi connectivity index (χ0v) is 19.2. The minimum absolute atomic E-state index is 0.0226. The molecule has 2 amide bonds. The van der Waals surface area contributed by atoms with Gasteiger partial charge in [0.1, 0.15) is 5.82 Å². The number of pyridine rings is 1. The lowest BCUT2D eigenvalue weighted by atomic mass is 9.78. The average Bonchev–Trinajstić information content (AvgIpc) is 2.77. The van der Waals surface area contributed by atoms with E-state index in [2.05, 4.69) is 15.6 Å².